The number of nitrogen functional groups attached to an aromatic ring is 2. The number of nitrogens with two attached hydrogens (primary N) is 2. The minimum absolute atomic E-state index is 0.624. The van der Waals surface area contributed by atoms with Crippen molar-refractivity contribution in [3.05, 3.63) is 42.5 Å². The van der Waals surface area contributed by atoms with Crippen LogP contribution in [0.5, 0.6) is 5.75 Å². The van der Waals surface area contributed by atoms with Crippen molar-refractivity contribution in [3.8, 4) is 5.75 Å². The normalized spacial score (nSPS) is 15.1. The highest BCUT2D eigenvalue weighted by atomic mass is 32.2. The molecule has 140 valence electrons. The van der Waals surface area contributed by atoms with Gasteiger partial charge in [0.15, 0.2) is 0 Å². The lowest BCUT2D eigenvalue weighted by Gasteiger charge is -2.26. The van der Waals surface area contributed by atoms with E-state index in [9.17, 15) is 0 Å². The number of ether oxygens (including phenoxy) is 1. The maximum absolute atomic E-state index is 5.87. The molecule has 0 unspecified atom stereocenters. The van der Waals surface area contributed by atoms with E-state index in [-0.39, 0.29) is 0 Å². The Morgan fingerprint density at radius 3 is 2.31 bits per heavy atom. The Morgan fingerprint density at radius 1 is 0.846 bits per heavy atom. The van der Waals surface area contributed by atoms with Crippen LogP contribution in [0.1, 0.15) is 32.1 Å². The first-order valence-corrected chi connectivity index (χ1v) is 10.3. The number of unbranched alkanes of at least 4 members (excludes halogenated alkanes) is 1. The van der Waals surface area contributed by atoms with E-state index in [4.69, 9.17) is 16.2 Å². The molecule has 2 aromatic carbocycles. The zero-order chi connectivity index (χ0) is 18.2. The van der Waals surface area contributed by atoms with Crippen molar-refractivity contribution in [2.75, 3.05) is 37.7 Å². The van der Waals surface area contributed by atoms with Crippen LogP contribution >= 0.6 is 11.8 Å². The Hall–Kier alpha value is -1.85. The number of rotatable bonds is 8. The zero-order valence-electron chi connectivity index (χ0n) is 15.3. The van der Waals surface area contributed by atoms with E-state index in [1.165, 1.54) is 45.3 Å². The Bertz CT molecular complexity index is 684. The third-order valence-corrected chi connectivity index (χ3v) is 5.70. The van der Waals surface area contributed by atoms with Crippen LogP contribution in [-0.2, 0) is 0 Å². The van der Waals surface area contributed by atoms with Gasteiger partial charge in [0.1, 0.15) is 5.75 Å². The van der Waals surface area contributed by atoms with Gasteiger partial charge in [0.05, 0.1) is 18.0 Å². The Kier molecular flexibility index (Phi) is 7.09. The molecule has 0 spiro atoms. The number of benzene rings is 2. The second-order valence-corrected chi connectivity index (χ2v) is 7.97. The number of piperidine rings is 1. The molecule has 1 aliphatic heterocycles. The van der Waals surface area contributed by atoms with Crippen molar-refractivity contribution in [3.63, 3.8) is 0 Å². The van der Waals surface area contributed by atoms with E-state index in [0.717, 1.165) is 28.6 Å². The summed E-state index contributed by atoms with van der Waals surface area (Å²) in [6, 6.07) is 14.0. The van der Waals surface area contributed by atoms with Crippen molar-refractivity contribution >= 4 is 23.1 Å². The Balaban J connectivity index is 1.37. The number of anilines is 2. The summed E-state index contributed by atoms with van der Waals surface area (Å²) in [5.41, 5.74) is 12.9. The molecule has 0 atom stereocenters. The molecule has 0 bridgehead atoms. The number of likely N-dealkylation sites (tertiary alicyclic amines) is 1. The van der Waals surface area contributed by atoms with Crippen LogP contribution in [0.15, 0.2) is 52.3 Å². The quantitative estimate of drug-likeness (QED) is 0.522. The molecule has 3 rings (SSSR count). The van der Waals surface area contributed by atoms with E-state index in [1.807, 2.05) is 30.3 Å². The molecule has 2 aromatic rings. The summed E-state index contributed by atoms with van der Waals surface area (Å²) in [5, 5.41) is 0. The average Bonchev–Trinajstić information content (AvgIpc) is 2.67. The van der Waals surface area contributed by atoms with Crippen LogP contribution in [0.2, 0.25) is 0 Å². The molecule has 0 aliphatic carbocycles. The first-order valence-electron chi connectivity index (χ1n) is 9.49. The fourth-order valence-electron chi connectivity index (χ4n) is 3.17. The highest BCUT2D eigenvalue weighted by Crippen LogP contribution is 2.31. The summed E-state index contributed by atoms with van der Waals surface area (Å²) in [5.74, 6) is 0.934. The molecule has 26 heavy (non-hydrogen) atoms. The van der Waals surface area contributed by atoms with E-state index < -0.39 is 0 Å². The SMILES string of the molecule is Nc1ccc(Sc2ccc(OCCCCN3CCCCC3)cc2)cc1N. The minimum atomic E-state index is 0.624. The molecule has 1 saturated heterocycles. The summed E-state index contributed by atoms with van der Waals surface area (Å²) in [7, 11) is 0. The largest absolute Gasteiger partial charge is 0.494 e. The summed E-state index contributed by atoms with van der Waals surface area (Å²) in [6.07, 6.45) is 6.46. The number of hydrogen-bond acceptors (Lipinski definition) is 5. The van der Waals surface area contributed by atoms with Crippen LogP contribution in [0, 0.1) is 0 Å². The van der Waals surface area contributed by atoms with Gasteiger partial charge in [-0.05, 0) is 87.8 Å². The molecule has 1 aliphatic rings. The Morgan fingerprint density at radius 2 is 1.58 bits per heavy atom. The van der Waals surface area contributed by atoms with Gasteiger partial charge in [-0.1, -0.05) is 18.2 Å². The third kappa shape index (κ3) is 5.85. The third-order valence-electron chi connectivity index (χ3n) is 4.70. The Labute approximate surface area is 160 Å². The fraction of sp³-hybridized carbons (Fsp3) is 0.429. The molecule has 1 fully saturated rings. The predicted molar refractivity (Wildman–Crippen MR) is 111 cm³/mol. The average molecular weight is 372 g/mol. The summed E-state index contributed by atoms with van der Waals surface area (Å²) in [6.45, 7) is 4.55. The predicted octanol–water partition coefficient (Wildman–Crippen LogP) is 4.65. The van der Waals surface area contributed by atoms with E-state index >= 15 is 0 Å². The minimum Gasteiger partial charge on any atom is -0.494 e. The number of nitrogens with zero attached hydrogens (tertiary/aromatic N) is 1. The van der Waals surface area contributed by atoms with Crippen LogP contribution in [0.3, 0.4) is 0 Å². The molecular weight excluding hydrogens is 342 g/mol. The van der Waals surface area contributed by atoms with Crippen LogP contribution < -0.4 is 16.2 Å². The smallest absolute Gasteiger partial charge is 0.119 e. The van der Waals surface area contributed by atoms with E-state index in [2.05, 4.69) is 17.0 Å². The number of hydrogen-bond donors (Lipinski definition) is 2. The first-order chi connectivity index (χ1) is 12.7. The lowest BCUT2D eigenvalue weighted by atomic mass is 10.1. The van der Waals surface area contributed by atoms with Gasteiger partial charge in [0.25, 0.3) is 0 Å². The fourth-order valence-corrected chi connectivity index (χ4v) is 4.03. The second-order valence-electron chi connectivity index (χ2n) is 6.82. The molecule has 4 nitrogen and oxygen atoms in total. The van der Waals surface area contributed by atoms with Crippen molar-refractivity contribution in [2.45, 2.75) is 41.9 Å². The highest BCUT2D eigenvalue weighted by Gasteiger charge is 2.08. The highest BCUT2D eigenvalue weighted by molar-refractivity contribution is 7.99. The van der Waals surface area contributed by atoms with Crippen molar-refractivity contribution in [2.24, 2.45) is 0 Å². The van der Waals surface area contributed by atoms with E-state index in [0.29, 0.717) is 11.4 Å². The summed E-state index contributed by atoms with van der Waals surface area (Å²) < 4.78 is 5.87. The monoisotopic (exact) mass is 371 g/mol. The maximum atomic E-state index is 5.87. The molecule has 4 N–H and O–H groups in total. The van der Waals surface area contributed by atoms with Gasteiger partial charge < -0.3 is 21.1 Å². The molecule has 0 aromatic heterocycles. The summed E-state index contributed by atoms with van der Waals surface area (Å²) in [4.78, 5) is 4.83. The molecule has 0 radical (unpaired) electrons. The molecule has 5 heteroatoms. The molecule has 0 amide bonds. The lowest BCUT2D eigenvalue weighted by molar-refractivity contribution is 0.216. The first kappa shape index (κ1) is 18.9. The van der Waals surface area contributed by atoms with Gasteiger partial charge in [0, 0.05) is 9.79 Å². The van der Waals surface area contributed by atoms with Gasteiger partial charge >= 0.3 is 0 Å². The van der Waals surface area contributed by atoms with Crippen LogP contribution in [0.4, 0.5) is 11.4 Å². The zero-order valence-corrected chi connectivity index (χ0v) is 16.1. The van der Waals surface area contributed by atoms with Gasteiger partial charge in [-0.15, -0.1) is 0 Å². The van der Waals surface area contributed by atoms with Gasteiger partial charge in [-0.2, -0.15) is 0 Å². The van der Waals surface area contributed by atoms with Gasteiger partial charge in [0.2, 0.25) is 0 Å². The molecule has 0 saturated carbocycles. The van der Waals surface area contributed by atoms with Crippen molar-refractivity contribution in [1.82, 2.24) is 4.90 Å². The second kappa shape index (κ2) is 9.74. The molecule has 1 heterocycles. The summed E-state index contributed by atoms with van der Waals surface area (Å²) >= 11 is 1.67. The lowest BCUT2D eigenvalue weighted by Crippen LogP contribution is -2.30. The standard InChI is InChI=1S/C21H29N3OS/c22-20-11-10-19(16-21(20)23)26-18-8-6-17(7-9-18)25-15-5-4-14-24-12-2-1-3-13-24/h6-11,16H,1-5,12-15,22-23H2. The molecular formula is C21H29N3OS. The maximum Gasteiger partial charge on any atom is 0.119 e. The topological polar surface area (TPSA) is 64.5 Å². The van der Waals surface area contributed by atoms with Crippen molar-refractivity contribution in [1.29, 1.82) is 0 Å². The van der Waals surface area contributed by atoms with Gasteiger partial charge in [-0.3, -0.25) is 0 Å². The van der Waals surface area contributed by atoms with Crippen molar-refractivity contribution < 1.29 is 4.74 Å². The van der Waals surface area contributed by atoms with E-state index in [1.54, 1.807) is 11.8 Å². The van der Waals surface area contributed by atoms with Gasteiger partial charge in [-0.25, -0.2) is 0 Å². The van der Waals surface area contributed by atoms with Crippen LogP contribution in [0.25, 0.3) is 0 Å². The van der Waals surface area contributed by atoms with Crippen LogP contribution in [-0.4, -0.2) is 31.1 Å².